The molecule has 0 radical (unpaired) electrons. The molecular formula is C21H37N5O2. The molecule has 7 nitrogen and oxygen atoms in total. The monoisotopic (exact) mass is 391 g/mol. The number of hydrogen-bond acceptors (Lipinski definition) is 4. The first-order valence-corrected chi connectivity index (χ1v) is 11.4. The van der Waals surface area contributed by atoms with Gasteiger partial charge in [-0.05, 0) is 39.0 Å². The number of guanidine groups is 1. The molecule has 158 valence electrons. The molecule has 0 aromatic heterocycles. The Hall–Kier alpha value is -1.34. The molecule has 3 aliphatic heterocycles. The van der Waals surface area contributed by atoms with Crippen LogP contribution >= 0.6 is 0 Å². The molecule has 1 saturated carbocycles. The van der Waals surface area contributed by atoms with Crippen LogP contribution in [0.15, 0.2) is 4.99 Å². The Morgan fingerprint density at radius 1 is 1.11 bits per heavy atom. The fourth-order valence-corrected chi connectivity index (χ4v) is 5.21. The van der Waals surface area contributed by atoms with Crippen LogP contribution in [0, 0.1) is 5.92 Å². The molecule has 0 aromatic carbocycles. The Balaban J connectivity index is 1.18. The molecule has 3 heterocycles. The predicted molar refractivity (Wildman–Crippen MR) is 110 cm³/mol. The van der Waals surface area contributed by atoms with E-state index in [2.05, 4.69) is 27.4 Å². The van der Waals surface area contributed by atoms with Crippen molar-refractivity contribution in [1.29, 1.82) is 0 Å². The van der Waals surface area contributed by atoms with Gasteiger partial charge in [0.25, 0.3) is 0 Å². The van der Waals surface area contributed by atoms with Gasteiger partial charge in [-0.15, -0.1) is 0 Å². The maximum Gasteiger partial charge on any atom is 0.225 e. The molecule has 2 N–H and O–H groups in total. The van der Waals surface area contributed by atoms with Crippen molar-refractivity contribution in [3.05, 3.63) is 0 Å². The molecule has 2 bridgehead atoms. The zero-order valence-corrected chi connectivity index (χ0v) is 17.4. The molecule has 28 heavy (non-hydrogen) atoms. The minimum absolute atomic E-state index is 0.305. The largest absolute Gasteiger partial charge is 0.373 e. The number of rotatable bonds is 6. The molecule has 1 aliphatic carbocycles. The van der Waals surface area contributed by atoms with Crippen LogP contribution in [0.1, 0.15) is 51.9 Å². The lowest BCUT2D eigenvalue weighted by atomic mass is 9.96. The summed E-state index contributed by atoms with van der Waals surface area (Å²) in [4.78, 5) is 21.9. The number of ether oxygens (including phenoxy) is 1. The number of hydrogen-bond donors (Lipinski definition) is 2. The van der Waals surface area contributed by atoms with Gasteiger partial charge in [0.2, 0.25) is 5.91 Å². The highest BCUT2D eigenvalue weighted by atomic mass is 16.5. The Bertz CT molecular complexity index is 555. The number of piperazine rings is 1. The molecule has 4 fully saturated rings. The molecule has 3 saturated heterocycles. The number of amides is 1. The average Bonchev–Trinajstić information content (AvgIpc) is 3.46. The topological polar surface area (TPSA) is 69.2 Å². The van der Waals surface area contributed by atoms with Gasteiger partial charge in [0.15, 0.2) is 5.96 Å². The van der Waals surface area contributed by atoms with Crippen LogP contribution < -0.4 is 10.6 Å². The number of nitrogens with zero attached hydrogens (tertiary/aromatic N) is 3. The zero-order chi connectivity index (χ0) is 19.3. The highest BCUT2D eigenvalue weighted by molar-refractivity contribution is 5.80. The van der Waals surface area contributed by atoms with Crippen LogP contribution in [0.2, 0.25) is 0 Å². The van der Waals surface area contributed by atoms with E-state index in [1.807, 2.05) is 0 Å². The van der Waals surface area contributed by atoms with E-state index in [9.17, 15) is 4.79 Å². The first kappa shape index (κ1) is 20.0. The summed E-state index contributed by atoms with van der Waals surface area (Å²) in [5.41, 5.74) is 0. The molecule has 4 aliphatic rings. The van der Waals surface area contributed by atoms with E-state index in [-0.39, 0.29) is 0 Å². The summed E-state index contributed by atoms with van der Waals surface area (Å²) in [7, 11) is 0. The summed E-state index contributed by atoms with van der Waals surface area (Å²) in [6, 6.07) is 0.404. The molecule has 0 spiro atoms. The van der Waals surface area contributed by atoms with E-state index in [4.69, 9.17) is 9.73 Å². The SMILES string of the molecule is CCNC(=NCCN1CCN(C(=O)C2CCCC2)CC1)NC1CC2CCC1O2. The van der Waals surface area contributed by atoms with Crippen molar-refractivity contribution in [2.45, 2.75) is 70.1 Å². The third-order valence-corrected chi connectivity index (χ3v) is 6.85. The quantitative estimate of drug-likeness (QED) is 0.526. The first-order chi connectivity index (χ1) is 13.7. The van der Waals surface area contributed by atoms with Crippen molar-refractivity contribution in [3.8, 4) is 0 Å². The van der Waals surface area contributed by atoms with E-state index in [1.165, 1.54) is 25.7 Å². The minimum atomic E-state index is 0.305. The van der Waals surface area contributed by atoms with Crippen LogP contribution in [-0.4, -0.2) is 85.7 Å². The Kier molecular flexibility index (Phi) is 6.73. The van der Waals surface area contributed by atoms with E-state index in [0.29, 0.717) is 30.1 Å². The molecule has 0 aromatic rings. The van der Waals surface area contributed by atoms with Gasteiger partial charge < -0.3 is 20.3 Å². The first-order valence-electron chi connectivity index (χ1n) is 11.4. The highest BCUT2D eigenvalue weighted by Crippen LogP contribution is 2.34. The van der Waals surface area contributed by atoms with Gasteiger partial charge in [0.1, 0.15) is 0 Å². The Labute approximate surface area is 169 Å². The highest BCUT2D eigenvalue weighted by Gasteiger charge is 2.41. The maximum atomic E-state index is 12.6. The molecule has 1 amide bonds. The van der Waals surface area contributed by atoms with Crippen molar-refractivity contribution in [3.63, 3.8) is 0 Å². The third-order valence-electron chi connectivity index (χ3n) is 6.85. The van der Waals surface area contributed by atoms with E-state index < -0.39 is 0 Å². The maximum absolute atomic E-state index is 12.6. The van der Waals surface area contributed by atoms with Gasteiger partial charge in [-0.25, -0.2) is 0 Å². The lowest BCUT2D eigenvalue weighted by Crippen LogP contribution is -2.51. The Morgan fingerprint density at radius 2 is 1.89 bits per heavy atom. The minimum Gasteiger partial charge on any atom is -0.373 e. The summed E-state index contributed by atoms with van der Waals surface area (Å²) in [6.07, 6.45) is 8.95. The van der Waals surface area contributed by atoms with Crippen molar-refractivity contribution in [2.75, 3.05) is 45.8 Å². The zero-order valence-electron chi connectivity index (χ0n) is 17.4. The summed E-state index contributed by atoms with van der Waals surface area (Å²) >= 11 is 0. The number of nitrogens with one attached hydrogen (secondary N) is 2. The van der Waals surface area contributed by atoms with Crippen molar-refractivity contribution in [2.24, 2.45) is 10.9 Å². The number of carbonyl (C=O) groups is 1. The summed E-state index contributed by atoms with van der Waals surface area (Å²) in [5, 5.41) is 6.95. The van der Waals surface area contributed by atoms with E-state index >= 15 is 0 Å². The van der Waals surface area contributed by atoms with Crippen molar-refractivity contribution >= 4 is 11.9 Å². The van der Waals surface area contributed by atoms with E-state index in [0.717, 1.165) is 71.0 Å². The van der Waals surface area contributed by atoms with Crippen LogP contribution in [0.5, 0.6) is 0 Å². The predicted octanol–water partition coefficient (Wildman–Crippen LogP) is 1.20. The average molecular weight is 392 g/mol. The molecule has 3 atom stereocenters. The lowest BCUT2D eigenvalue weighted by Gasteiger charge is -2.35. The fourth-order valence-electron chi connectivity index (χ4n) is 5.21. The summed E-state index contributed by atoms with van der Waals surface area (Å²) < 4.78 is 5.94. The molecule has 4 rings (SSSR count). The van der Waals surface area contributed by atoms with Gasteiger partial charge in [-0.1, -0.05) is 12.8 Å². The second kappa shape index (κ2) is 9.44. The second-order valence-electron chi connectivity index (χ2n) is 8.77. The number of fused-ring (bicyclic) bond motifs is 2. The van der Waals surface area contributed by atoms with Crippen molar-refractivity contribution in [1.82, 2.24) is 20.4 Å². The smallest absolute Gasteiger partial charge is 0.225 e. The normalized spacial score (nSPS) is 31.5. The van der Waals surface area contributed by atoms with Crippen LogP contribution in [0.4, 0.5) is 0 Å². The van der Waals surface area contributed by atoms with Gasteiger partial charge in [-0.2, -0.15) is 0 Å². The molecular weight excluding hydrogens is 354 g/mol. The van der Waals surface area contributed by atoms with Crippen LogP contribution in [-0.2, 0) is 9.53 Å². The van der Waals surface area contributed by atoms with Crippen LogP contribution in [0.3, 0.4) is 0 Å². The van der Waals surface area contributed by atoms with Gasteiger partial charge in [-0.3, -0.25) is 14.7 Å². The van der Waals surface area contributed by atoms with Gasteiger partial charge in [0, 0.05) is 45.2 Å². The van der Waals surface area contributed by atoms with E-state index in [1.54, 1.807) is 0 Å². The molecule has 7 heteroatoms. The summed E-state index contributed by atoms with van der Waals surface area (Å²) in [6.45, 7) is 8.41. The second-order valence-corrected chi connectivity index (χ2v) is 8.77. The van der Waals surface area contributed by atoms with Crippen LogP contribution in [0.25, 0.3) is 0 Å². The molecule has 3 unspecified atom stereocenters. The Morgan fingerprint density at radius 3 is 2.54 bits per heavy atom. The van der Waals surface area contributed by atoms with Crippen molar-refractivity contribution < 1.29 is 9.53 Å². The van der Waals surface area contributed by atoms with Gasteiger partial charge >= 0.3 is 0 Å². The summed E-state index contributed by atoms with van der Waals surface area (Å²) in [5.74, 6) is 1.63. The van der Waals surface area contributed by atoms with Gasteiger partial charge in [0.05, 0.1) is 24.8 Å². The third kappa shape index (κ3) is 4.79. The number of carbonyl (C=O) groups excluding carboxylic acids is 1. The number of aliphatic imine (C=N–C) groups is 1. The lowest BCUT2D eigenvalue weighted by molar-refractivity contribution is -0.137. The standard InChI is InChI=1S/C21H37N5O2/c1-2-22-21(24-18-15-17-7-8-19(18)28-17)23-9-10-25-11-13-26(14-12-25)20(27)16-5-3-4-6-16/h16-19H,2-15H2,1H3,(H2,22,23,24). The fraction of sp³-hybridized carbons (Fsp3) is 0.905.